The van der Waals surface area contributed by atoms with E-state index in [4.69, 9.17) is 27.8 Å². The highest BCUT2D eigenvalue weighted by molar-refractivity contribution is 7.22. The zero-order valence-corrected chi connectivity index (χ0v) is 22.5. The van der Waals surface area contributed by atoms with Gasteiger partial charge >= 0.3 is 6.01 Å². The summed E-state index contributed by atoms with van der Waals surface area (Å²) in [6.07, 6.45) is 1.96. The lowest BCUT2D eigenvalue weighted by atomic mass is 10.0. The fourth-order valence-corrected chi connectivity index (χ4v) is 6.58. The van der Waals surface area contributed by atoms with Gasteiger partial charge in [0.2, 0.25) is 0 Å². The van der Waals surface area contributed by atoms with Gasteiger partial charge in [0.1, 0.15) is 17.9 Å². The normalized spacial score (nSPS) is 22.6. The second-order valence-corrected chi connectivity index (χ2v) is 11.6. The Morgan fingerprint density at radius 2 is 2.08 bits per heavy atom. The van der Waals surface area contributed by atoms with Gasteiger partial charge in [0, 0.05) is 41.7 Å². The summed E-state index contributed by atoms with van der Waals surface area (Å²) in [4.78, 5) is 17.7. The third-order valence-electron chi connectivity index (χ3n) is 7.38. The monoisotopic (exact) mass is 557 g/mol. The van der Waals surface area contributed by atoms with Crippen molar-refractivity contribution in [3.8, 4) is 17.1 Å². The minimum atomic E-state index is -0.632. The van der Waals surface area contributed by atoms with Crippen LogP contribution in [0.1, 0.15) is 19.3 Å². The van der Waals surface area contributed by atoms with Crippen LogP contribution >= 0.6 is 22.9 Å². The summed E-state index contributed by atoms with van der Waals surface area (Å²) < 4.78 is 23.3. The molecule has 4 aromatic rings. The molecule has 12 heteroatoms. The average Bonchev–Trinajstić information content (AvgIpc) is 3.46. The fraction of sp³-hybridized carbons (Fsp3) is 0.423. The Kier molecular flexibility index (Phi) is 6.73. The van der Waals surface area contributed by atoms with Crippen LogP contribution in [0.5, 0.6) is 6.01 Å². The quantitative estimate of drug-likeness (QED) is 0.337. The lowest BCUT2D eigenvalue weighted by Gasteiger charge is -2.35. The van der Waals surface area contributed by atoms with Gasteiger partial charge in [0.05, 0.1) is 21.3 Å². The second-order valence-electron chi connectivity index (χ2n) is 10.1. The number of likely N-dealkylation sites (N-methyl/N-ethyl adjacent to an activating group) is 1. The van der Waals surface area contributed by atoms with Gasteiger partial charge in [-0.15, -0.1) is 0 Å². The molecule has 1 unspecified atom stereocenters. The molecule has 3 atom stereocenters. The first kappa shape index (κ1) is 25.4. The van der Waals surface area contributed by atoms with Gasteiger partial charge in [-0.25, -0.2) is 9.37 Å². The van der Waals surface area contributed by atoms with Crippen molar-refractivity contribution < 1.29 is 14.2 Å². The molecular formula is C26H29ClFN7O2S. The number of nitrogens with two attached hydrogens (primary N) is 2. The maximum absolute atomic E-state index is 16.4. The van der Waals surface area contributed by atoms with Gasteiger partial charge in [-0.3, -0.25) is 0 Å². The maximum Gasteiger partial charge on any atom is 0.319 e. The highest BCUT2D eigenvalue weighted by Crippen LogP contribution is 2.42. The van der Waals surface area contributed by atoms with E-state index in [1.165, 1.54) is 11.3 Å². The number of likely N-dealkylation sites (tertiary alicyclic amines) is 1. The highest BCUT2D eigenvalue weighted by atomic mass is 35.5. The summed E-state index contributed by atoms with van der Waals surface area (Å²) in [7, 11) is 2.06. The zero-order valence-electron chi connectivity index (χ0n) is 20.9. The van der Waals surface area contributed by atoms with Crippen molar-refractivity contribution in [2.75, 3.05) is 43.9 Å². The molecule has 0 radical (unpaired) electrons. The summed E-state index contributed by atoms with van der Waals surface area (Å²) in [6.45, 7) is 2.16. The standard InChI is InChI=1S/C26H29ClFN7O2S/c1-34-7-3-4-14(34)12-37-26-32-23-17(24(33-26)35-10-13(29)8-15(36)11-35)9-18(27)20(21(23)28)16-5-2-6-19-22(16)31-25(30)38-19/h2,5-6,9,13-15,36H,3-4,7-8,10-12,29H2,1H3,(H2,30,31)/t13-,14?,15+/m1/s1. The topological polar surface area (TPSA) is 127 Å². The molecule has 9 nitrogen and oxygen atoms in total. The number of para-hydroxylation sites is 1. The van der Waals surface area contributed by atoms with E-state index in [-0.39, 0.29) is 34.2 Å². The van der Waals surface area contributed by atoms with E-state index < -0.39 is 11.9 Å². The number of anilines is 2. The SMILES string of the molecule is CN1CCCC1COc1nc(N2C[C@H](N)C[C@H](O)C2)c2cc(Cl)c(-c3cccc4sc(N)nc34)c(F)c2n1. The summed E-state index contributed by atoms with van der Waals surface area (Å²) >= 11 is 8.07. The third kappa shape index (κ3) is 4.62. The van der Waals surface area contributed by atoms with Crippen molar-refractivity contribution in [3.63, 3.8) is 0 Å². The lowest BCUT2D eigenvalue weighted by molar-refractivity contribution is 0.145. The van der Waals surface area contributed by atoms with E-state index in [0.717, 1.165) is 24.1 Å². The van der Waals surface area contributed by atoms with Gasteiger partial charge in [-0.1, -0.05) is 35.1 Å². The molecule has 2 aromatic heterocycles. The van der Waals surface area contributed by atoms with Crippen molar-refractivity contribution in [2.24, 2.45) is 5.73 Å². The first-order valence-corrected chi connectivity index (χ1v) is 13.8. The van der Waals surface area contributed by atoms with E-state index in [1.54, 1.807) is 12.1 Å². The molecule has 0 amide bonds. The Bertz CT molecular complexity index is 1510. The first-order chi connectivity index (χ1) is 18.3. The zero-order chi connectivity index (χ0) is 26.6. The van der Waals surface area contributed by atoms with Crippen LogP contribution in [0.25, 0.3) is 32.2 Å². The Labute approximate surface area is 228 Å². The number of hydrogen-bond donors (Lipinski definition) is 3. The summed E-state index contributed by atoms with van der Waals surface area (Å²) in [5.41, 5.74) is 13.5. The van der Waals surface area contributed by atoms with Crippen LogP contribution < -0.4 is 21.1 Å². The Morgan fingerprint density at radius 1 is 1.24 bits per heavy atom. The predicted octanol–water partition coefficient (Wildman–Crippen LogP) is 3.65. The molecule has 2 aliphatic heterocycles. The summed E-state index contributed by atoms with van der Waals surface area (Å²) in [5.74, 6) is -0.164. The molecule has 0 saturated carbocycles. The first-order valence-electron chi connectivity index (χ1n) is 12.6. The number of thiazole rings is 1. The Balaban J connectivity index is 1.51. The van der Waals surface area contributed by atoms with Crippen molar-refractivity contribution in [2.45, 2.75) is 37.5 Å². The number of nitrogens with zero attached hydrogens (tertiary/aromatic N) is 5. The number of rotatable bonds is 5. The smallest absolute Gasteiger partial charge is 0.319 e. The summed E-state index contributed by atoms with van der Waals surface area (Å²) in [6, 6.07) is 7.20. The third-order valence-corrected chi connectivity index (χ3v) is 8.53. The minimum absolute atomic E-state index is 0.0738. The molecular weight excluding hydrogens is 529 g/mol. The van der Waals surface area contributed by atoms with E-state index >= 15 is 4.39 Å². The molecule has 0 spiro atoms. The van der Waals surface area contributed by atoms with Gasteiger partial charge in [0.25, 0.3) is 0 Å². The summed E-state index contributed by atoms with van der Waals surface area (Å²) in [5, 5.41) is 11.4. The molecule has 2 fully saturated rings. The molecule has 2 saturated heterocycles. The Hall–Kier alpha value is -2.83. The second kappa shape index (κ2) is 10.0. The van der Waals surface area contributed by atoms with Gasteiger partial charge in [-0.2, -0.15) is 9.97 Å². The van der Waals surface area contributed by atoms with Gasteiger partial charge < -0.3 is 31.1 Å². The number of halogens is 2. The van der Waals surface area contributed by atoms with Gasteiger partial charge in [0.15, 0.2) is 10.9 Å². The fourth-order valence-electron chi connectivity index (χ4n) is 5.52. The predicted molar refractivity (Wildman–Crippen MR) is 149 cm³/mol. The number of nitrogen functional groups attached to an aromatic ring is 1. The molecule has 6 rings (SSSR count). The van der Waals surface area contributed by atoms with Crippen LogP contribution in [0.3, 0.4) is 0 Å². The van der Waals surface area contributed by atoms with Crippen molar-refractivity contribution >= 4 is 55.0 Å². The number of aromatic nitrogens is 3. The molecule has 0 aliphatic carbocycles. The molecule has 2 aliphatic rings. The number of benzene rings is 2. The number of hydrogen-bond acceptors (Lipinski definition) is 10. The molecule has 5 N–H and O–H groups in total. The number of ether oxygens (including phenoxy) is 1. The minimum Gasteiger partial charge on any atom is -0.462 e. The Morgan fingerprint density at radius 3 is 2.84 bits per heavy atom. The van der Waals surface area contributed by atoms with Crippen molar-refractivity contribution in [1.82, 2.24) is 19.9 Å². The molecule has 2 aromatic carbocycles. The van der Waals surface area contributed by atoms with Crippen LogP contribution in [0.2, 0.25) is 5.02 Å². The van der Waals surface area contributed by atoms with E-state index in [9.17, 15) is 5.11 Å². The van der Waals surface area contributed by atoms with Crippen LogP contribution in [0.4, 0.5) is 15.3 Å². The highest BCUT2D eigenvalue weighted by Gasteiger charge is 2.29. The molecule has 0 bridgehead atoms. The largest absolute Gasteiger partial charge is 0.462 e. The number of fused-ring (bicyclic) bond motifs is 2. The van der Waals surface area contributed by atoms with Crippen molar-refractivity contribution in [1.29, 1.82) is 0 Å². The number of piperidine rings is 1. The van der Waals surface area contributed by atoms with Crippen LogP contribution in [-0.4, -0.2) is 76.4 Å². The van der Waals surface area contributed by atoms with Crippen LogP contribution in [0.15, 0.2) is 24.3 Å². The van der Waals surface area contributed by atoms with Crippen molar-refractivity contribution in [3.05, 3.63) is 35.1 Å². The molecule has 4 heterocycles. The number of aliphatic hydroxyl groups excluding tert-OH is 1. The molecule has 200 valence electrons. The lowest BCUT2D eigenvalue weighted by Crippen LogP contribution is -2.49. The van der Waals surface area contributed by atoms with E-state index in [0.29, 0.717) is 53.5 Å². The van der Waals surface area contributed by atoms with E-state index in [1.807, 2.05) is 17.0 Å². The van der Waals surface area contributed by atoms with Gasteiger partial charge in [-0.05, 0) is 45.0 Å². The van der Waals surface area contributed by atoms with E-state index in [2.05, 4.69) is 26.9 Å². The number of aliphatic hydroxyl groups is 1. The maximum atomic E-state index is 16.4. The van der Waals surface area contributed by atoms with Crippen LogP contribution in [-0.2, 0) is 0 Å². The molecule has 38 heavy (non-hydrogen) atoms. The number of β-amino-alcohol motifs (C(OH)–C–C–N with tert-alkyl or cyclic N) is 1. The average molecular weight is 558 g/mol. The van der Waals surface area contributed by atoms with Crippen LogP contribution in [0, 0.1) is 5.82 Å².